The molecule has 0 aliphatic carbocycles. The van der Waals surface area contributed by atoms with Gasteiger partial charge in [-0.1, -0.05) is 40.3 Å². The molecule has 12 heterocycles. The molecule has 0 atom stereocenters. The maximum absolute atomic E-state index is 11.5. The summed E-state index contributed by atoms with van der Waals surface area (Å²) in [7, 11) is 17.3. The monoisotopic (exact) mass is 1250 g/mol. The lowest BCUT2D eigenvalue weighted by Crippen LogP contribution is -2.29. The van der Waals surface area contributed by atoms with Gasteiger partial charge >= 0.3 is 0 Å². The summed E-state index contributed by atoms with van der Waals surface area (Å²) in [6.07, 6.45) is 13.8. The van der Waals surface area contributed by atoms with E-state index in [2.05, 4.69) is 134 Å². The van der Waals surface area contributed by atoms with Crippen LogP contribution < -0.4 is 16.0 Å². The first-order valence-corrected chi connectivity index (χ1v) is 31.2. The van der Waals surface area contributed by atoms with E-state index in [1.54, 1.807) is 45.8 Å². The highest BCUT2D eigenvalue weighted by molar-refractivity contribution is 5.96. The van der Waals surface area contributed by atoms with Crippen molar-refractivity contribution in [3.8, 4) is 0 Å². The van der Waals surface area contributed by atoms with Crippen molar-refractivity contribution in [2.45, 2.75) is 125 Å². The zero-order chi connectivity index (χ0) is 65.0. The predicted octanol–water partition coefficient (Wildman–Crippen LogP) is 5.70. The Bertz CT molecular complexity index is 3150. The number of ketones is 3. The highest BCUT2D eigenvalue weighted by Gasteiger charge is 2.23. The van der Waals surface area contributed by atoms with E-state index in [9.17, 15) is 28.8 Å². The lowest BCUT2D eigenvalue weighted by molar-refractivity contribution is 0.0949. The summed E-state index contributed by atoms with van der Waals surface area (Å²) in [5.74, 6) is 0.0215. The molecule has 3 N–H and O–H groups in total. The molecule has 6 aliphatic heterocycles. The fourth-order valence-corrected chi connectivity index (χ4v) is 10.8. The van der Waals surface area contributed by atoms with E-state index < -0.39 is 0 Å². The van der Waals surface area contributed by atoms with E-state index in [0.717, 1.165) is 168 Å². The number of hydrogen-bond donors (Lipinski definition) is 3. The number of pyridine rings is 4. The molecule has 0 unspecified atom stereocenters. The van der Waals surface area contributed by atoms with E-state index in [1.165, 1.54) is 28.5 Å². The molecule has 3 amide bonds. The van der Waals surface area contributed by atoms with Gasteiger partial charge in [0, 0.05) is 174 Å². The zero-order valence-corrected chi connectivity index (χ0v) is 54.8. The van der Waals surface area contributed by atoms with Gasteiger partial charge in [-0.15, -0.1) is 0 Å². The highest BCUT2D eigenvalue weighted by Crippen LogP contribution is 2.22. The predicted molar refractivity (Wildman–Crippen MR) is 352 cm³/mol. The number of Topliss-reactive ketones (excluding diaryl/α,β-unsaturated/α-hetero) is 3. The minimum Gasteiger partial charge on any atom is -0.355 e. The molecule has 488 valence electrons. The van der Waals surface area contributed by atoms with Crippen LogP contribution in [0.25, 0.3) is 0 Å². The summed E-state index contributed by atoms with van der Waals surface area (Å²) in [6, 6.07) is 11.7. The topological polar surface area (TPSA) is 261 Å². The Morgan fingerprint density at radius 3 is 1.40 bits per heavy atom. The normalized spacial score (nSPS) is 15.8. The fraction of sp³-hybridized carbons (Fsp3) is 0.500. The second-order valence-corrected chi connectivity index (χ2v) is 23.6. The number of likely N-dealkylation sites (N-methyl/N-ethyl adjacent to an activating group) is 6. The van der Waals surface area contributed by atoms with Crippen molar-refractivity contribution in [3.05, 3.63) is 163 Å². The molecule has 91 heavy (non-hydrogen) atoms. The quantitative estimate of drug-likeness (QED) is 0.147. The summed E-state index contributed by atoms with van der Waals surface area (Å²) in [4.78, 5) is 117. The van der Waals surface area contributed by atoms with Crippen molar-refractivity contribution in [2.75, 3.05) is 103 Å². The van der Waals surface area contributed by atoms with Crippen LogP contribution in [0.4, 0.5) is 0 Å². The summed E-state index contributed by atoms with van der Waals surface area (Å²) in [5, 5.41) is 7.74. The maximum atomic E-state index is 11.5. The van der Waals surface area contributed by atoms with Gasteiger partial charge in [0.2, 0.25) is 0 Å². The molecule has 23 heteroatoms. The van der Waals surface area contributed by atoms with Crippen molar-refractivity contribution in [1.29, 1.82) is 0 Å². The Balaban J connectivity index is 0.000000173. The van der Waals surface area contributed by atoms with Crippen LogP contribution in [0.3, 0.4) is 0 Å². The minimum atomic E-state index is -0.177. The summed E-state index contributed by atoms with van der Waals surface area (Å²) >= 11 is 0. The number of carbonyl (C=O) groups is 6. The molecule has 0 radical (unpaired) electrons. The van der Waals surface area contributed by atoms with Crippen LogP contribution >= 0.6 is 0 Å². The summed E-state index contributed by atoms with van der Waals surface area (Å²) in [6.45, 7) is 17.0. The van der Waals surface area contributed by atoms with Gasteiger partial charge in [0.05, 0.1) is 52.1 Å². The van der Waals surface area contributed by atoms with Crippen LogP contribution in [0.1, 0.15) is 178 Å². The van der Waals surface area contributed by atoms with Gasteiger partial charge in [0.15, 0.2) is 17.3 Å². The van der Waals surface area contributed by atoms with Gasteiger partial charge in [0.1, 0.15) is 22.8 Å². The molecule has 12 rings (SSSR count). The van der Waals surface area contributed by atoms with Gasteiger partial charge in [0.25, 0.3) is 17.7 Å². The Labute approximate surface area is 537 Å². The third-order valence-electron chi connectivity index (χ3n) is 16.4. The van der Waals surface area contributed by atoms with Crippen molar-refractivity contribution < 1.29 is 28.8 Å². The second kappa shape index (κ2) is 34.9. The van der Waals surface area contributed by atoms with Gasteiger partial charge in [-0.05, 0) is 102 Å². The van der Waals surface area contributed by atoms with Crippen molar-refractivity contribution in [3.63, 3.8) is 0 Å². The van der Waals surface area contributed by atoms with Gasteiger partial charge in [-0.3, -0.25) is 48.7 Å². The minimum absolute atomic E-state index is 0. The molecule has 0 bridgehead atoms. The van der Waals surface area contributed by atoms with Gasteiger partial charge < -0.3 is 45.3 Å². The number of nitrogens with one attached hydrogen (secondary N) is 3. The molecule has 0 aromatic carbocycles. The summed E-state index contributed by atoms with van der Waals surface area (Å²) in [5.41, 5.74) is 16.7. The fourth-order valence-electron chi connectivity index (χ4n) is 10.8. The average Bonchev–Trinajstić information content (AvgIpc) is 1.47. The van der Waals surface area contributed by atoms with Crippen molar-refractivity contribution in [1.82, 2.24) is 85.2 Å². The van der Waals surface area contributed by atoms with E-state index >= 15 is 0 Å². The van der Waals surface area contributed by atoms with Gasteiger partial charge in [-0.2, -0.15) is 0 Å². The molecule has 6 aromatic rings. The molecular weight excluding hydrogens is 1150 g/mol. The van der Waals surface area contributed by atoms with E-state index in [0.29, 0.717) is 47.6 Å². The molecule has 0 saturated heterocycles. The number of carbonyl (C=O) groups excluding carboxylic acids is 6. The lowest BCUT2D eigenvalue weighted by atomic mass is 10.0. The Morgan fingerprint density at radius 2 is 0.758 bits per heavy atom. The standard InChI is InChI=1S/2C12H16N2O.3C11H15N3O.C10H14N4O.CH4/c1-3-12(15)9-6-10-8-14(2)5-4-11(10)13-7-9;1-3-12(15)10-5-4-9-6-7-14(2)8-11(9)13-10;1-12-11(15)9-5-8-3-4-14(2)7-10(8)13-6-9;1-12-11(15)10-4-3-8-7-14(2)6-5-9(8)13-10;1-3-11(15)9-6-12-8-4-5-14(2)7-10(8)13-9;1-11-10(15)8-5-12-9-6-14(2)4-3-7(9)13-8;/h6-7H,3-5,8H2,1-2H3;4-5H,3,6-8H2,1-2H3;5-6H,3-4,7H2,1-2H3,(H,12,15);3-4H,5-7H2,1-2H3,(H,12,15);6H,3-5,7H2,1-2H3;5H,3-4,6H2,1-2H3,(H,11,15);1H4. The Morgan fingerprint density at radius 1 is 0.352 bits per heavy atom. The third-order valence-corrected chi connectivity index (χ3v) is 16.4. The van der Waals surface area contributed by atoms with Crippen LogP contribution in [0.15, 0.2) is 61.2 Å². The van der Waals surface area contributed by atoms with Crippen LogP contribution in [0.2, 0.25) is 0 Å². The van der Waals surface area contributed by atoms with Crippen molar-refractivity contribution >= 4 is 35.1 Å². The molecule has 0 saturated carbocycles. The maximum Gasteiger partial charge on any atom is 0.271 e. The van der Waals surface area contributed by atoms with Crippen LogP contribution in [0.5, 0.6) is 0 Å². The van der Waals surface area contributed by atoms with E-state index in [-0.39, 0.29) is 42.5 Å². The van der Waals surface area contributed by atoms with Crippen molar-refractivity contribution in [2.24, 2.45) is 0 Å². The number of nitrogens with zero attached hydrogens (tertiary/aromatic N) is 14. The number of hydrogen-bond acceptors (Lipinski definition) is 20. The average molecular weight is 1250 g/mol. The molecule has 6 aromatic heterocycles. The first kappa shape index (κ1) is 72.0. The first-order valence-electron chi connectivity index (χ1n) is 31.2. The number of amides is 3. The Hall–Kier alpha value is -8.06. The van der Waals surface area contributed by atoms with E-state index in [1.807, 2.05) is 45.0 Å². The molecule has 6 aliphatic rings. The summed E-state index contributed by atoms with van der Waals surface area (Å²) < 4.78 is 0. The molecule has 0 spiro atoms. The smallest absolute Gasteiger partial charge is 0.271 e. The molecule has 0 fully saturated rings. The first-order chi connectivity index (χ1) is 43.2. The zero-order valence-electron chi connectivity index (χ0n) is 54.8. The largest absolute Gasteiger partial charge is 0.355 e. The molecule has 23 nitrogen and oxygen atoms in total. The van der Waals surface area contributed by atoms with Crippen LogP contribution in [-0.4, -0.2) is 207 Å². The second-order valence-electron chi connectivity index (χ2n) is 23.6. The third kappa shape index (κ3) is 20.5. The lowest BCUT2D eigenvalue weighted by Gasteiger charge is -2.24. The van der Waals surface area contributed by atoms with E-state index in [4.69, 9.17) is 0 Å². The van der Waals surface area contributed by atoms with Crippen LogP contribution in [-0.2, 0) is 77.8 Å². The number of fused-ring (bicyclic) bond motifs is 6. The molecular formula is C68H95N17O6. The number of aromatic nitrogens is 8. The number of rotatable bonds is 9. The SMILES string of the molecule is C.CCC(=O)c1ccc2c(n1)CN(C)CC2.CCC(=O)c1cnc2c(c1)CN(C)CC2.CCC(=O)c1cnc2c(n1)CN(C)CC2.CNC(=O)c1ccc2c(n1)CCN(C)C2.CNC(=O)c1cnc2c(c1)CCN(C)C2.CNC(=O)c1cnc2c(n1)CCN(C)C2. The Kier molecular flexibility index (Phi) is 27.7. The van der Waals surface area contributed by atoms with Crippen LogP contribution in [0, 0.1) is 0 Å². The highest BCUT2D eigenvalue weighted by atomic mass is 16.2. The van der Waals surface area contributed by atoms with Gasteiger partial charge in [-0.25, -0.2) is 19.9 Å².